The SMILES string of the molecule is Cc1ccc(NC(=O)c2cnc(Nc3ccc(C)c(C)c3)nc2)cc1C. The number of carbonyl (C=O) groups excluding carboxylic acids is 1. The fraction of sp³-hybridized carbons (Fsp3) is 0.190. The van der Waals surface area contributed by atoms with Gasteiger partial charge in [0.1, 0.15) is 0 Å². The molecule has 0 unspecified atom stereocenters. The maximum atomic E-state index is 12.4. The lowest BCUT2D eigenvalue weighted by Gasteiger charge is -2.09. The van der Waals surface area contributed by atoms with Crippen molar-refractivity contribution in [2.24, 2.45) is 0 Å². The fourth-order valence-corrected chi connectivity index (χ4v) is 2.48. The summed E-state index contributed by atoms with van der Waals surface area (Å²) < 4.78 is 0. The Labute approximate surface area is 153 Å². The number of aromatic nitrogens is 2. The molecule has 2 N–H and O–H groups in total. The smallest absolute Gasteiger partial charge is 0.258 e. The molecule has 0 fully saturated rings. The summed E-state index contributed by atoms with van der Waals surface area (Å²) in [6.07, 6.45) is 3.04. The number of nitrogens with zero attached hydrogens (tertiary/aromatic N) is 2. The van der Waals surface area contributed by atoms with Gasteiger partial charge in [-0.25, -0.2) is 9.97 Å². The number of benzene rings is 2. The Morgan fingerprint density at radius 2 is 1.31 bits per heavy atom. The second-order valence-electron chi connectivity index (χ2n) is 6.47. The van der Waals surface area contributed by atoms with Crippen LogP contribution < -0.4 is 10.6 Å². The molecule has 5 heteroatoms. The van der Waals surface area contributed by atoms with Crippen molar-refractivity contribution in [2.45, 2.75) is 27.7 Å². The topological polar surface area (TPSA) is 66.9 Å². The predicted molar refractivity (Wildman–Crippen MR) is 105 cm³/mol. The van der Waals surface area contributed by atoms with Gasteiger partial charge in [0.15, 0.2) is 0 Å². The highest BCUT2D eigenvalue weighted by atomic mass is 16.1. The zero-order valence-electron chi connectivity index (χ0n) is 15.4. The van der Waals surface area contributed by atoms with Crippen LogP contribution >= 0.6 is 0 Å². The zero-order chi connectivity index (χ0) is 18.7. The standard InChI is InChI=1S/C21H22N4O/c1-13-5-7-18(9-15(13)3)24-20(26)17-11-22-21(23-12-17)25-19-8-6-14(2)16(4)10-19/h5-12H,1-4H3,(H,24,26)(H,22,23,25). The summed E-state index contributed by atoms with van der Waals surface area (Å²) in [4.78, 5) is 20.8. The summed E-state index contributed by atoms with van der Waals surface area (Å²) in [5, 5.41) is 6.02. The van der Waals surface area contributed by atoms with Gasteiger partial charge in [0.2, 0.25) is 5.95 Å². The van der Waals surface area contributed by atoms with E-state index in [2.05, 4.69) is 34.4 Å². The molecule has 0 spiro atoms. The van der Waals surface area contributed by atoms with Crippen molar-refractivity contribution in [3.8, 4) is 0 Å². The van der Waals surface area contributed by atoms with Gasteiger partial charge in [-0.2, -0.15) is 0 Å². The first-order valence-electron chi connectivity index (χ1n) is 8.47. The number of hydrogen-bond acceptors (Lipinski definition) is 4. The average Bonchev–Trinajstić information content (AvgIpc) is 2.62. The van der Waals surface area contributed by atoms with Crippen LogP contribution in [0.1, 0.15) is 32.6 Å². The van der Waals surface area contributed by atoms with Crippen LogP contribution in [-0.2, 0) is 0 Å². The van der Waals surface area contributed by atoms with Crippen LogP contribution in [0.5, 0.6) is 0 Å². The Hall–Kier alpha value is -3.21. The van der Waals surface area contributed by atoms with Crippen molar-refractivity contribution in [3.63, 3.8) is 0 Å². The third-order valence-corrected chi connectivity index (χ3v) is 4.44. The van der Waals surface area contributed by atoms with Crippen LogP contribution in [0.15, 0.2) is 48.8 Å². The van der Waals surface area contributed by atoms with E-state index in [4.69, 9.17) is 0 Å². The summed E-state index contributed by atoms with van der Waals surface area (Å²) in [5.74, 6) is 0.224. The molecule has 1 aromatic heterocycles. The molecule has 0 saturated carbocycles. The third kappa shape index (κ3) is 4.06. The summed E-state index contributed by atoms with van der Waals surface area (Å²) in [6, 6.07) is 11.9. The molecule has 0 radical (unpaired) electrons. The number of aryl methyl sites for hydroxylation is 4. The van der Waals surface area contributed by atoms with E-state index in [0.29, 0.717) is 11.5 Å². The molecular formula is C21H22N4O. The highest BCUT2D eigenvalue weighted by molar-refractivity contribution is 6.03. The van der Waals surface area contributed by atoms with E-state index in [9.17, 15) is 4.79 Å². The van der Waals surface area contributed by atoms with Gasteiger partial charge < -0.3 is 10.6 Å². The molecule has 0 aliphatic rings. The van der Waals surface area contributed by atoms with E-state index in [-0.39, 0.29) is 5.91 Å². The summed E-state index contributed by atoms with van der Waals surface area (Å²) in [5.41, 5.74) is 6.83. The van der Waals surface area contributed by atoms with Crippen LogP contribution in [0.2, 0.25) is 0 Å². The summed E-state index contributed by atoms with van der Waals surface area (Å²) in [7, 11) is 0. The van der Waals surface area contributed by atoms with Crippen molar-refractivity contribution in [3.05, 3.63) is 76.6 Å². The summed E-state index contributed by atoms with van der Waals surface area (Å²) >= 11 is 0. The van der Waals surface area contributed by atoms with E-state index in [1.807, 2.05) is 50.2 Å². The lowest BCUT2D eigenvalue weighted by atomic mass is 10.1. The molecule has 0 aliphatic heterocycles. The molecule has 0 saturated heterocycles. The number of rotatable bonds is 4. The molecule has 1 heterocycles. The Bertz CT molecular complexity index is 949. The molecule has 0 atom stereocenters. The zero-order valence-corrected chi connectivity index (χ0v) is 15.4. The highest BCUT2D eigenvalue weighted by Gasteiger charge is 2.09. The third-order valence-electron chi connectivity index (χ3n) is 4.44. The molecule has 0 bridgehead atoms. The molecule has 5 nitrogen and oxygen atoms in total. The molecule has 3 aromatic rings. The molecule has 3 rings (SSSR count). The first-order valence-corrected chi connectivity index (χ1v) is 8.47. The lowest BCUT2D eigenvalue weighted by Crippen LogP contribution is -2.13. The fourth-order valence-electron chi connectivity index (χ4n) is 2.48. The van der Waals surface area contributed by atoms with Crippen molar-refractivity contribution in [2.75, 3.05) is 10.6 Å². The van der Waals surface area contributed by atoms with E-state index < -0.39 is 0 Å². The minimum Gasteiger partial charge on any atom is -0.324 e. The van der Waals surface area contributed by atoms with Crippen molar-refractivity contribution in [1.29, 1.82) is 0 Å². The van der Waals surface area contributed by atoms with Gasteiger partial charge in [-0.15, -0.1) is 0 Å². The van der Waals surface area contributed by atoms with Gasteiger partial charge in [0.25, 0.3) is 5.91 Å². The molecule has 1 amide bonds. The Kier molecular flexibility index (Phi) is 4.98. The second kappa shape index (κ2) is 7.35. The first-order chi connectivity index (χ1) is 12.4. The van der Waals surface area contributed by atoms with Gasteiger partial charge in [0.05, 0.1) is 5.56 Å². The molecular weight excluding hydrogens is 324 g/mol. The Morgan fingerprint density at radius 3 is 1.88 bits per heavy atom. The van der Waals surface area contributed by atoms with Crippen LogP contribution in [0.4, 0.5) is 17.3 Å². The highest BCUT2D eigenvalue weighted by Crippen LogP contribution is 2.18. The number of anilines is 3. The number of carbonyl (C=O) groups is 1. The number of amides is 1. The van der Waals surface area contributed by atoms with Crippen LogP contribution in [0.3, 0.4) is 0 Å². The second-order valence-corrected chi connectivity index (χ2v) is 6.47. The van der Waals surface area contributed by atoms with Crippen molar-refractivity contribution in [1.82, 2.24) is 9.97 Å². The minimum absolute atomic E-state index is 0.231. The number of nitrogens with one attached hydrogen (secondary N) is 2. The number of hydrogen-bond donors (Lipinski definition) is 2. The van der Waals surface area contributed by atoms with E-state index in [1.54, 1.807) is 0 Å². The molecule has 26 heavy (non-hydrogen) atoms. The monoisotopic (exact) mass is 346 g/mol. The maximum Gasteiger partial charge on any atom is 0.258 e. The van der Waals surface area contributed by atoms with Crippen LogP contribution in [0, 0.1) is 27.7 Å². The molecule has 2 aromatic carbocycles. The van der Waals surface area contributed by atoms with E-state index >= 15 is 0 Å². The van der Waals surface area contributed by atoms with Gasteiger partial charge in [-0.1, -0.05) is 12.1 Å². The van der Waals surface area contributed by atoms with Gasteiger partial charge in [-0.3, -0.25) is 4.79 Å². The van der Waals surface area contributed by atoms with Gasteiger partial charge >= 0.3 is 0 Å². The Balaban J connectivity index is 1.69. The van der Waals surface area contributed by atoms with Crippen LogP contribution in [0.25, 0.3) is 0 Å². The van der Waals surface area contributed by atoms with E-state index in [0.717, 1.165) is 16.9 Å². The van der Waals surface area contributed by atoms with Crippen LogP contribution in [-0.4, -0.2) is 15.9 Å². The first kappa shape index (κ1) is 17.6. The largest absolute Gasteiger partial charge is 0.324 e. The van der Waals surface area contributed by atoms with Crippen molar-refractivity contribution >= 4 is 23.2 Å². The minimum atomic E-state index is -0.231. The summed E-state index contributed by atoms with van der Waals surface area (Å²) in [6.45, 7) is 8.18. The normalized spacial score (nSPS) is 10.5. The predicted octanol–water partition coefficient (Wildman–Crippen LogP) is 4.71. The van der Waals surface area contributed by atoms with Gasteiger partial charge in [0, 0.05) is 23.8 Å². The Morgan fingerprint density at radius 1 is 0.769 bits per heavy atom. The quantitative estimate of drug-likeness (QED) is 0.718. The van der Waals surface area contributed by atoms with Crippen molar-refractivity contribution < 1.29 is 4.79 Å². The molecule has 0 aliphatic carbocycles. The molecule has 132 valence electrons. The van der Waals surface area contributed by atoms with Gasteiger partial charge in [-0.05, 0) is 74.2 Å². The maximum absolute atomic E-state index is 12.4. The lowest BCUT2D eigenvalue weighted by molar-refractivity contribution is 0.102. The average molecular weight is 346 g/mol. The van der Waals surface area contributed by atoms with E-state index in [1.165, 1.54) is 29.1 Å².